The summed E-state index contributed by atoms with van der Waals surface area (Å²) < 4.78 is 0. The second kappa shape index (κ2) is 5.87. The van der Waals surface area contributed by atoms with Gasteiger partial charge in [0.1, 0.15) is 11.9 Å². The summed E-state index contributed by atoms with van der Waals surface area (Å²) in [7, 11) is 0. The van der Waals surface area contributed by atoms with E-state index < -0.39 is 6.04 Å². The molecule has 2 amide bonds. The molecule has 1 aromatic rings. The predicted octanol–water partition coefficient (Wildman–Crippen LogP) is 0.0262. The van der Waals surface area contributed by atoms with Crippen LogP contribution in [0.15, 0.2) is 12.1 Å². The number of hydrazine groups is 1. The fourth-order valence-corrected chi connectivity index (χ4v) is 2.40. The average Bonchev–Trinajstić information content (AvgIpc) is 2.45. The Balaban J connectivity index is 2.30. The number of pyridine rings is 1. The minimum absolute atomic E-state index is 0.102. The van der Waals surface area contributed by atoms with Crippen LogP contribution in [0.3, 0.4) is 0 Å². The first-order valence-electron chi connectivity index (χ1n) is 6.60. The summed E-state index contributed by atoms with van der Waals surface area (Å²) in [5, 5.41) is 2.78. The van der Waals surface area contributed by atoms with E-state index in [2.05, 4.69) is 15.7 Å². The van der Waals surface area contributed by atoms with Gasteiger partial charge in [-0.3, -0.25) is 9.59 Å². The molecule has 0 aromatic carbocycles. The number of aromatic nitrogens is 1. The molecule has 2 heterocycles. The number of amides is 2. The summed E-state index contributed by atoms with van der Waals surface area (Å²) in [4.78, 5) is 30.1. The third-order valence-corrected chi connectivity index (χ3v) is 3.33. The first-order chi connectivity index (χ1) is 9.56. The van der Waals surface area contributed by atoms with Gasteiger partial charge < -0.3 is 15.6 Å². The Hall–Kier alpha value is -2.15. The smallest absolute Gasteiger partial charge is 0.254 e. The number of anilines is 1. The van der Waals surface area contributed by atoms with Gasteiger partial charge in [-0.1, -0.05) is 6.92 Å². The molecule has 7 heteroatoms. The summed E-state index contributed by atoms with van der Waals surface area (Å²) in [6.45, 7) is 4.67. The number of carbonyl (C=O) groups is 2. The van der Waals surface area contributed by atoms with Gasteiger partial charge in [-0.15, -0.1) is 0 Å². The highest BCUT2D eigenvalue weighted by molar-refractivity contribution is 5.98. The van der Waals surface area contributed by atoms with E-state index in [4.69, 9.17) is 5.84 Å². The van der Waals surface area contributed by atoms with Gasteiger partial charge in [-0.05, 0) is 25.5 Å². The zero-order chi connectivity index (χ0) is 14.7. The van der Waals surface area contributed by atoms with Crippen LogP contribution < -0.4 is 16.6 Å². The van der Waals surface area contributed by atoms with E-state index in [0.717, 1.165) is 0 Å². The minimum Gasteiger partial charge on any atom is -0.353 e. The Morgan fingerprint density at radius 3 is 3.00 bits per heavy atom. The summed E-state index contributed by atoms with van der Waals surface area (Å²) in [6.07, 6.45) is 0.587. The lowest BCUT2D eigenvalue weighted by Gasteiger charge is -2.34. The molecule has 1 unspecified atom stereocenters. The molecule has 1 fully saturated rings. The molecule has 0 radical (unpaired) electrons. The number of nitrogens with zero attached hydrogens (tertiary/aromatic N) is 2. The molecule has 1 aromatic heterocycles. The maximum Gasteiger partial charge on any atom is 0.254 e. The van der Waals surface area contributed by atoms with E-state index in [-0.39, 0.29) is 11.8 Å². The lowest BCUT2D eigenvalue weighted by atomic mass is 10.1. The van der Waals surface area contributed by atoms with Crippen molar-refractivity contribution in [2.45, 2.75) is 26.3 Å². The van der Waals surface area contributed by atoms with Gasteiger partial charge in [0.2, 0.25) is 5.91 Å². The number of piperazine rings is 1. The zero-order valence-corrected chi connectivity index (χ0v) is 11.6. The van der Waals surface area contributed by atoms with Crippen LogP contribution in [0, 0.1) is 6.92 Å². The maximum atomic E-state index is 12.6. The number of rotatable bonds is 3. The standard InChI is InChI=1S/C13H19N5O2/c1-3-10-12(19)15-4-5-18(10)13(20)9-6-8(2)16-11(7-9)17-14/h6-7,10H,3-5,14H2,1-2H3,(H,15,19)(H,16,17). The molecule has 1 saturated heterocycles. The van der Waals surface area contributed by atoms with Crippen molar-refractivity contribution in [2.24, 2.45) is 5.84 Å². The van der Waals surface area contributed by atoms with Gasteiger partial charge in [0.15, 0.2) is 0 Å². The van der Waals surface area contributed by atoms with E-state index in [1.807, 2.05) is 6.92 Å². The van der Waals surface area contributed by atoms with Crippen LogP contribution in [0.4, 0.5) is 5.82 Å². The van der Waals surface area contributed by atoms with Crippen molar-refractivity contribution in [3.8, 4) is 0 Å². The number of carbonyl (C=O) groups excluding carboxylic acids is 2. The number of nitrogens with one attached hydrogen (secondary N) is 2. The quantitative estimate of drug-likeness (QED) is 0.534. The van der Waals surface area contributed by atoms with Gasteiger partial charge in [0.25, 0.3) is 5.91 Å². The Labute approximate surface area is 117 Å². The molecule has 0 saturated carbocycles. The molecule has 7 nitrogen and oxygen atoms in total. The monoisotopic (exact) mass is 277 g/mol. The van der Waals surface area contributed by atoms with Gasteiger partial charge in [-0.25, -0.2) is 10.8 Å². The predicted molar refractivity (Wildman–Crippen MR) is 74.9 cm³/mol. The summed E-state index contributed by atoms with van der Waals surface area (Å²) in [6, 6.07) is 2.87. The largest absolute Gasteiger partial charge is 0.353 e. The van der Waals surface area contributed by atoms with Crippen LogP contribution in [0.2, 0.25) is 0 Å². The fourth-order valence-electron chi connectivity index (χ4n) is 2.40. The van der Waals surface area contributed by atoms with Crippen LogP contribution in [0.1, 0.15) is 29.4 Å². The third kappa shape index (κ3) is 2.72. The highest BCUT2D eigenvalue weighted by Crippen LogP contribution is 2.16. The number of nitrogen functional groups attached to an aromatic ring is 1. The molecule has 0 bridgehead atoms. The Morgan fingerprint density at radius 2 is 2.35 bits per heavy atom. The molecule has 4 N–H and O–H groups in total. The number of nitrogens with two attached hydrogens (primary N) is 1. The van der Waals surface area contributed by atoms with Crippen LogP contribution in [-0.2, 0) is 4.79 Å². The molecular weight excluding hydrogens is 258 g/mol. The molecule has 0 aliphatic carbocycles. The summed E-state index contributed by atoms with van der Waals surface area (Å²) in [5.74, 6) is 5.50. The maximum absolute atomic E-state index is 12.6. The van der Waals surface area contributed by atoms with Crippen molar-refractivity contribution in [1.29, 1.82) is 0 Å². The van der Waals surface area contributed by atoms with Crippen molar-refractivity contribution >= 4 is 17.6 Å². The van der Waals surface area contributed by atoms with Gasteiger partial charge in [-0.2, -0.15) is 0 Å². The molecular formula is C13H19N5O2. The van der Waals surface area contributed by atoms with Crippen LogP contribution in [-0.4, -0.2) is 40.8 Å². The van der Waals surface area contributed by atoms with Crippen LogP contribution >= 0.6 is 0 Å². The minimum atomic E-state index is -0.418. The van der Waals surface area contributed by atoms with E-state index in [1.165, 1.54) is 0 Å². The van der Waals surface area contributed by atoms with Crippen molar-refractivity contribution in [1.82, 2.24) is 15.2 Å². The van der Waals surface area contributed by atoms with Gasteiger partial charge in [0, 0.05) is 24.3 Å². The fraction of sp³-hybridized carbons (Fsp3) is 0.462. The zero-order valence-electron chi connectivity index (χ0n) is 11.6. The SMILES string of the molecule is CCC1C(=O)NCCN1C(=O)c1cc(C)nc(NN)c1. The van der Waals surface area contributed by atoms with Gasteiger partial charge in [0.05, 0.1) is 0 Å². The van der Waals surface area contributed by atoms with E-state index >= 15 is 0 Å². The third-order valence-electron chi connectivity index (χ3n) is 3.33. The Bertz CT molecular complexity index is 531. The van der Waals surface area contributed by atoms with Crippen LogP contribution in [0.25, 0.3) is 0 Å². The average molecular weight is 277 g/mol. The second-order valence-electron chi connectivity index (χ2n) is 4.74. The molecule has 1 aliphatic heterocycles. The van der Waals surface area contributed by atoms with Crippen molar-refractivity contribution in [2.75, 3.05) is 18.5 Å². The van der Waals surface area contributed by atoms with Crippen molar-refractivity contribution in [3.05, 3.63) is 23.4 Å². The van der Waals surface area contributed by atoms with Crippen molar-refractivity contribution in [3.63, 3.8) is 0 Å². The lowest BCUT2D eigenvalue weighted by Crippen LogP contribution is -2.56. The molecule has 1 aliphatic rings. The highest BCUT2D eigenvalue weighted by Gasteiger charge is 2.32. The van der Waals surface area contributed by atoms with Gasteiger partial charge >= 0.3 is 0 Å². The Morgan fingerprint density at radius 1 is 1.60 bits per heavy atom. The first-order valence-corrected chi connectivity index (χ1v) is 6.60. The van der Waals surface area contributed by atoms with E-state index in [0.29, 0.717) is 36.6 Å². The molecule has 20 heavy (non-hydrogen) atoms. The first kappa shape index (κ1) is 14.3. The van der Waals surface area contributed by atoms with Crippen molar-refractivity contribution < 1.29 is 9.59 Å². The topological polar surface area (TPSA) is 100 Å². The summed E-state index contributed by atoms with van der Waals surface area (Å²) in [5.41, 5.74) is 3.62. The number of hydrogen-bond acceptors (Lipinski definition) is 5. The van der Waals surface area contributed by atoms with Crippen LogP contribution in [0.5, 0.6) is 0 Å². The molecule has 2 rings (SSSR count). The Kier molecular flexibility index (Phi) is 4.19. The normalized spacial score (nSPS) is 18.6. The van der Waals surface area contributed by atoms with E-state index in [1.54, 1.807) is 24.0 Å². The van der Waals surface area contributed by atoms with E-state index in [9.17, 15) is 9.59 Å². The molecule has 108 valence electrons. The lowest BCUT2D eigenvalue weighted by molar-refractivity contribution is -0.127. The number of hydrogen-bond donors (Lipinski definition) is 3. The second-order valence-corrected chi connectivity index (χ2v) is 4.74. The molecule has 0 spiro atoms. The molecule has 1 atom stereocenters. The number of aryl methyl sites for hydroxylation is 1. The highest BCUT2D eigenvalue weighted by atomic mass is 16.2. The summed E-state index contributed by atoms with van der Waals surface area (Å²) >= 11 is 0.